The van der Waals surface area contributed by atoms with E-state index in [1.165, 1.54) is 0 Å². The average Bonchev–Trinajstić information content (AvgIpc) is 2.91. The number of carbonyl (C=O) groups excluding carboxylic acids is 1. The molecule has 3 rings (SSSR count). The molecule has 0 atom stereocenters. The first kappa shape index (κ1) is 12.4. The van der Waals surface area contributed by atoms with Crippen LogP contribution in [-0.2, 0) is 0 Å². The van der Waals surface area contributed by atoms with Crippen LogP contribution < -0.4 is 5.32 Å². The zero-order valence-electron chi connectivity index (χ0n) is 11.4. The maximum absolute atomic E-state index is 12.2. The second-order valence-corrected chi connectivity index (χ2v) is 4.68. The van der Waals surface area contributed by atoms with Gasteiger partial charge in [0.15, 0.2) is 11.5 Å². The van der Waals surface area contributed by atoms with Crippen molar-refractivity contribution in [1.82, 2.24) is 15.2 Å². The summed E-state index contributed by atoms with van der Waals surface area (Å²) in [6, 6.07) is 5.37. The van der Waals surface area contributed by atoms with Gasteiger partial charge in [-0.25, -0.2) is 4.98 Å². The first-order valence-electron chi connectivity index (χ1n) is 6.24. The van der Waals surface area contributed by atoms with Gasteiger partial charge in [-0.2, -0.15) is 5.10 Å². The number of H-pyrrole nitrogens is 1. The number of nitrogens with zero attached hydrogens (tertiary/aromatic N) is 2. The van der Waals surface area contributed by atoms with Crippen molar-refractivity contribution in [2.75, 3.05) is 5.32 Å². The van der Waals surface area contributed by atoms with E-state index < -0.39 is 0 Å². The summed E-state index contributed by atoms with van der Waals surface area (Å²) in [5.41, 5.74) is 4.10. The molecule has 0 fully saturated rings. The van der Waals surface area contributed by atoms with E-state index in [2.05, 4.69) is 20.5 Å². The first-order valence-corrected chi connectivity index (χ1v) is 6.24. The maximum Gasteiger partial charge on any atom is 0.259 e. The van der Waals surface area contributed by atoms with E-state index in [0.29, 0.717) is 28.4 Å². The highest BCUT2D eigenvalue weighted by Crippen LogP contribution is 2.20. The number of amides is 1. The minimum atomic E-state index is -0.187. The highest BCUT2D eigenvalue weighted by Gasteiger charge is 2.15. The Morgan fingerprint density at radius 1 is 1.30 bits per heavy atom. The summed E-state index contributed by atoms with van der Waals surface area (Å²) < 4.78 is 5.40. The molecule has 0 spiro atoms. The Labute approximate surface area is 115 Å². The lowest BCUT2D eigenvalue weighted by molar-refractivity contribution is 0.102. The summed E-state index contributed by atoms with van der Waals surface area (Å²) in [5, 5.41) is 9.66. The molecule has 0 unspecified atom stereocenters. The molecular formula is C14H14N4O2. The van der Waals surface area contributed by atoms with E-state index in [0.717, 1.165) is 11.2 Å². The van der Waals surface area contributed by atoms with Crippen LogP contribution in [0.2, 0.25) is 0 Å². The maximum atomic E-state index is 12.2. The van der Waals surface area contributed by atoms with Gasteiger partial charge < -0.3 is 9.73 Å². The van der Waals surface area contributed by atoms with E-state index in [-0.39, 0.29) is 5.91 Å². The molecule has 2 N–H and O–H groups in total. The molecule has 20 heavy (non-hydrogen) atoms. The normalized spacial score (nSPS) is 10.9. The van der Waals surface area contributed by atoms with Crippen LogP contribution in [0.5, 0.6) is 0 Å². The van der Waals surface area contributed by atoms with Crippen molar-refractivity contribution in [3.05, 3.63) is 41.0 Å². The number of benzene rings is 1. The van der Waals surface area contributed by atoms with Gasteiger partial charge in [0.1, 0.15) is 5.52 Å². The number of nitrogens with one attached hydrogen (secondary N) is 2. The Morgan fingerprint density at radius 2 is 2.10 bits per heavy atom. The number of aromatic amines is 1. The summed E-state index contributed by atoms with van der Waals surface area (Å²) >= 11 is 0. The van der Waals surface area contributed by atoms with Crippen molar-refractivity contribution in [3.63, 3.8) is 0 Å². The summed E-state index contributed by atoms with van der Waals surface area (Å²) in [4.78, 5) is 16.5. The van der Waals surface area contributed by atoms with Gasteiger partial charge >= 0.3 is 0 Å². The predicted octanol–water partition coefficient (Wildman–Crippen LogP) is 2.73. The van der Waals surface area contributed by atoms with Crippen LogP contribution in [0.4, 0.5) is 5.69 Å². The van der Waals surface area contributed by atoms with Gasteiger partial charge in [0.2, 0.25) is 0 Å². The van der Waals surface area contributed by atoms with Crippen LogP contribution in [0.15, 0.2) is 22.6 Å². The number of aryl methyl sites for hydroxylation is 3. The summed E-state index contributed by atoms with van der Waals surface area (Å²) in [6.45, 7) is 5.40. The molecule has 0 saturated carbocycles. The fourth-order valence-corrected chi connectivity index (χ4v) is 2.20. The van der Waals surface area contributed by atoms with Crippen molar-refractivity contribution in [3.8, 4) is 0 Å². The predicted molar refractivity (Wildman–Crippen MR) is 74.8 cm³/mol. The molecule has 6 nitrogen and oxygen atoms in total. The second kappa shape index (κ2) is 4.48. The molecule has 6 heteroatoms. The van der Waals surface area contributed by atoms with Crippen molar-refractivity contribution >= 4 is 22.7 Å². The third-order valence-electron chi connectivity index (χ3n) is 3.11. The second-order valence-electron chi connectivity index (χ2n) is 4.68. The number of hydrogen-bond donors (Lipinski definition) is 2. The van der Waals surface area contributed by atoms with Gasteiger partial charge in [0.25, 0.3) is 5.91 Å². The van der Waals surface area contributed by atoms with Crippen molar-refractivity contribution < 1.29 is 9.21 Å². The Morgan fingerprint density at radius 3 is 2.80 bits per heavy atom. The minimum absolute atomic E-state index is 0.187. The van der Waals surface area contributed by atoms with Crippen molar-refractivity contribution in [1.29, 1.82) is 0 Å². The fourth-order valence-electron chi connectivity index (χ4n) is 2.20. The van der Waals surface area contributed by atoms with E-state index in [1.54, 1.807) is 32.0 Å². The van der Waals surface area contributed by atoms with E-state index in [1.807, 2.05) is 6.92 Å². The number of fused-ring (bicyclic) bond motifs is 1. The smallest absolute Gasteiger partial charge is 0.259 e. The van der Waals surface area contributed by atoms with Crippen LogP contribution in [0, 0.1) is 20.8 Å². The van der Waals surface area contributed by atoms with Gasteiger partial charge in [-0.15, -0.1) is 0 Å². The molecule has 102 valence electrons. The third kappa shape index (κ3) is 2.05. The Balaban J connectivity index is 1.91. The SMILES string of the molecule is Cc1nc2cc(NC(=O)c3c(C)n[nH]c3C)ccc2o1. The van der Waals surface area contributed by atoms with Gasteiger partial charge in [-0.3, -0.25) is 9.89 Å². The Kier molecular flexibility index (Phi) is 2.78. The number of rotatable bonds is 2. The Bertz CT molecular complexity index is 781. The molecule has 3 aromatic rings. The standard InChI is InChI=1S/C14H14N4O2/c1-7-13(8(2)18-17-7)14(19)16-10-4-5-12-11(6-10)15-9(3)20-12/h4-6H,1-3H3,(H,16,19)(H,17,18). The monoisotopic (exact) mass is 270 g/mol. The van der Waals surface area contributed by atoms with E-state index in [9.17, 15) is 4.79 Å². The lowest BCUT2D eigenvalue weighted by atomic mass is 10.2. The zero-order valence-corrected chi connectivity index (χ0v) is 11.4. The highest BCUT2D eigenvalue weighted by atomic mass is 16.3. The summed E-state index contributed by atoms with van der Waals surface area (Å²) in [5.74, 6) is 0.415. The van der Waals surface area contributed by atoms with Crippen LogP contribution in [0.1, 0.15) is 27.6 Å². The van der Waals surface area contributed by atoms with Gasteiger partial charge in [-0.05, 0) is 32.0 Å². The summed E-state index contributed by atoms with van der Waals surface area (Å²) in [6.07, 6.45) is 0. The zero-order chi connectivity index (χ0) is 14.3. The highest BCUT2D eigenvalue weighted by molar-refractivity contribution is 6.06. The number of aromatic nitrogens is 3. The molecule has 0 aliphatic carbocycles. The quantitative estimate of drug-likeness (QED) is 0.750. The van der Waals surface area contributed by atoms with Crippen LogP contribution in [-0.4, -0.2) is 21.1 Å². The molecular weight excluding hydrogens is 256 g/mol. The number of oxazole rings is 1. The lowest BCUT2D eigenvalue weighted by Crippen LogP contribution is -2.13. The van der Waals surface area contributed by atoms with Gasteiger partial charge in [0, 0.05) is 18.3 Å². The first-order chi connectivity index (χ1) is 9.54. The van der Waals surface area contributed by atoms with Gasteiger partial charge in [-0.1, -0.05) is 0 Å². The van der Waals surface area contributed by atoms with Gasteiger partial charge in [0.05, 0.1) is 11.3 Å². The van der Waals surface area contributed by atoms with Crippen molar-refractivity contribution in [2.24, 2.45) is 0 Å². The molecule has 0 saturated heterocycles. The average molecular weight is 270 g/mol. The molecule has 0 radical (unpaired) electrons. The van der Waals surface area contributed by atoms with Crippen LogP contribution in [0.3, 0.4) is 0 Å². The summed E-state index contributed by atoms with van der Waals surface area (Å²) in [7, 11) is 0. The molecule has 2 aromatic heterocycles. The minimum Gasteiger partial charge on any atom is -0.441 e. The number of hydrogen-bond acceptors (Lipinski definition) is 4. The molecule has 0 bridgehead atoms. The number of anilines is 1. The fraction of sp³-hybridized carbons (Fsp3) is 0.214. The van der Waals surface area contributed by atoms with Crippen molar-refractivity contribution in [2.45, 2.75) is 20.8 Å². The third-order valence-corrected chi connectivity index (χ3v) is 3.11. The molecule has 0 aliphatic heterocycles. The lowest BCUT2D eigenvalue weighted by Gasteiger charge is -2.04. The Hall–Kier alpha value is -2.63. The topological polar surface area (TPSA) is 83.8 Å². The van der Waals surface area contributed by atoms with E-state index >= 15 is 0 Å². The molecule has 2 heterocycles. The van der Waals surface area contributed by atoms with Crippen LogP contribution >= 0.6 is 0 Å². The number of carbonyl (C=O) groups is 1. The largest absolute Gasteiger partial charge is 0.441 e. The molecule has 1 aromatic carbocycles. The molecule has 1 amide bonds. The molecule has 0 aliphatic rings. The van der Waals surface area contributed by atoms with Crippen LogP contribution in [0.25, 0.3) is 11.1 Å². The van der Waals surface area contributed by atoms with E-state index in [4.69, 9.17) is 4.42 Å².